The van der Waals surface area contributed by atoms with E-state index in [1.807, 2.05) is 0 Å². The minimum Gasteiger partial charge on any atom is -0.144 e. The molecule has 0 spiro atoms. The summed E-state index contributed by atoms with van der Waals surface area (Å²) in [4.78, 5) is 0. The molecule has 0 bridgehead atoms. The summed E-state index contributed by atoms with van der Waals surface area (Å²) in [5.41, 5.74) is 0. The molecule has 1 aromatic rings. The van der Waals surface area contributed by atoms with Gasteiger partial charge in [-0.25, -0.2) is 0 Å². The smallest absolute Gasteiger partial charge is 0.119 e. The van der Waals surface area contributed by atoms with Gasteiger partial charge in [-0.05, 0) is 6.42 Å². The summed E-state index contributed by atoms with van der Waals surface area (Å²) in [6.07, 6.45) is 4.94. The third-order valence-electron chi connectivity index (χ3n) is 1.97. The Morgan fingerprint density at radius 1 is 1.23 bits per heavy atom. The molecule has 0 aliphatic carbocycles. The molecule has 1 rings (SSSR count). The quantitative estimate of drug-likeness (QED) is 0.678. The summed E-state index contributed by atoms with van der Waals surface area (Å²) >= 11 is 1.77. The molecule has 0 N–H and O–H groups in total. The molecule has 13 heavy (non-hydrogen) atoms. The first-order valence-corrected chi connectivity index (χ1v) is 5.88. The highest BCUT2D eigenvalue weighted by Crippen LogP contribution is 2.20. The fourth-order valence-corrected chi connectivity index (χ4v) is 2.01. The van der Waals surface area contributed by atoms with Crippen molar-refractivity contribution in [3.8, 4) is 0 Å². The lowest BCUT2D eigenvalue weighted by Gasteiger charge is -1.94. The van der Waals surface area contributed by atoms with Crippen LogP contribution < -0.4 is 0 Å². The maximum absolute atomic E-state index is 4.18. The first kappa shape index (κ1) is 10.6. The SMILES string of the molecule is CCCCCc1nnc(C(C)C)s1. The molecule has 0 aliphatic heterocycles. The number of nitrogens with zero attached hydrogens (tertiary/aromatic N) is 2. The third kappa shape index (κ3) is 3.43. The van der Waals surface area contributed by atoms with Gasteiger partial charge in [-0.1, -0.05) is 33.6 Å². The molecule has 2 nitrogen and oxygen atoms in total. The first-order chi connectivity index (χ1) is 6.24. The van der Waals surface area contributed by atoms with E-state index in [-0.39, 0.29) is 0 Å². The van der Waals surface area contributed by atoms with E-state index in [1.54, 1.807) is 11.3 Å². The number of aromatic nitrogens is 2. The van der Waals surface area contributed by atoms with E-state index in [4.69, 9.17) is 0 Å². The molecule has 0 radical (unpaired) electrons. The van der Waals surface area contributed by atoms with Crippen molar-refractivity contribution < 1.29 is 0 Å². The lowest BCUT2D eigenvalue weighted by Crippen LogP contribution is -1.84. The van der Waals surface area contributed by atoms with E-state index >= 15 is 0 Å². The van der Waals surface area contributed by atoms with Crippen LogP contribution in [0, 0.1) is 0 Å². The molecule has 1 heterocycles. The predicted molar refractivity (Wildman–Crippen MR) is 57.2 cm³/mol. The van der Waals surface area contributed by atoms with Crippen LogP contribution in [0.2, 0.25) is 0 Å². The van der Waals surface area contributed by atoms with Crippen LogP contribution in [-0.4, -0.2) is 10.2 Å². The Morgan fingerprint density at radius 2 is 2.00 bits per heavy atom. The highest BCUT2D eigenvalue weighted by atomic mass is 32.1. The lowest BCUT2D eigenvalue weighted by atomic mass is 10.2. The second-order valence-electron chi connectivity index (χ2n) is 3.65. The van der Waals surface area contributed by atoms with Crippen molar-refractivity contribution >= 4 is 11.3 Å². The average Bonchev–Trinajstić information content (AvgIpc) is 2.53. The van der Waals surface area contributed by atoms with Gasteiger partial charge in [0.1, 0.15) is 10.0 Å². The Morgan fingerprint density at radius 3 is 2.54 bits per heavy atom. The Kier molecular flexibility index (Phi) is 4.36. The maximum Gasteiger partial charge on any atom is 0.119 e. The molecule has 0 fully saturated rings. The van der Waals surface area contributed by atoms with Crippen LogP contribution in [0.4, 0.5) is 0 Å². The van der Waals surface area contributed by atoms with Gasteiger partial charge in [-0.2, -0.15) is 0 Å². The highest BCUT2D eigenvalue weighted by molar-refractivity contribution is 7.11. The summed E-state index contributed by atoms with van der Waals surface area (Å²) in [5.74, 6) is 0.525. The Balaban J connectivity index is 2.40. The van der Waals surface area contributed by atoms with Crippen molar-refractivity contribution in [2.24, 2.45) is 0 Å². The molecular formula is C10H18N2S. The van der Waals surface area contributed by atoms with Gasteiger partial charge in [0.15, 0.2) is 0 Å². The van der Waals surface area contributed by atoms with Gasteiger partial charge in [0.05, 0.1) is 0 Å². The fraction of sp³-hybridized carbons (Fsp3) is 0.800. The van der Waals surface area contributed by atoms with Gasteiger partial charge in [-0.3, -0.25) is 0 Å². The Bertz CT molecular complexity index is 243. The van der Waals surface area contributed by atoms with Crippen molar-refractivity contribution in [3.63, 3.8) is 0 Å². The van der Waals surface area contributed by atoms with Crippen LogP contribution in [0.3, 0.4) is 0 Å². The summed E-state index contributed by atoms with van der Waals surface area (Å²) < 4.78 is 0. The van der Waals surface area contributed by atoms with Crippen LogP contribution in [-0.2, 0) is 6.42 Å². The zero-order chi connectivity index (χ0) is 9.68. The van der Waals surface area contributed by atoms with E-state index < -0.39 is 0 Å². The van der Waals surface area contributed by atoms with Gasteiger partial charge in [0.25, 0.3) is 0 Å². The van der Waals surface area contributed by atoms with Crippen LogP contribution in [0.1, 0.15) is 56.0 Å². The van der Waals surface area contributed by atoms with Crippen LogP contribution in [0.15, 0.2) is 0 Å². The minimum atomic E-state index is 0.525. The lowest BCUT2D eigenvalue weighted by molar-refractivity contribution is 0.708. The number of hydrogen-bond acceptors (Lipinski definition) is 3. The molecule has 0 saturated carbocycles. The molecule has 0 aromatic carbocycles. The Labute approximate surface area is 84.4 Å². The van der Waals surface area contributed by atoms with E-state index in [2.05, 4.69) is 31.0 Å². The van der Waals surface area contributed by atoms with E-state index in [0.717, 1.165) is 6.42 Å². The van der Waals surface area contributed by atoms with Gasteiger partial charge < -0.3 is 0 Å². The van der Waals surface area contributed by atoms with Crippen LogP contribution in [0.25, 0.3) is 0 Å². The first-order valence-electron chi connectivity index (χ1n) is 5.06. The van der Waals surface area contributed by atoms with E-state index in [9.17, 15) is 0 Å². The topological polar surface area (TPSA) is 25.8 Å². The van der Waals surface area contributed by atoms with Crippen molar-refractivity contribution in [3.05, 3.63) is 10.0 Å². The van der Waals surface area contributed by atoms with Crippen LogP contribution >= 0.6 is 11.3 Å². The molecule has 3 heteroatoms. The normalized spacial score (nSPS) is 11.1. The van der Waals surface area contributed by atoms with Crippen molar-refractivity contribution in [2.45, 2.75) is 52.4 Å². The van der Waals surface area contributed by atoms with Crippen molar-refractivity contribution in [1.29, 1.82) is 0 Å². The zero-order valence-electron chi connectivity index (χ0n) is 8.71. The Hall–Kier alpha value is -0.440. The minimum absolute atomic E-state index is 0.525. The zero-order valence-corrected chi connectivity index (χ0v) is 9.52. The third-order valence-corrected chi connectivity index (χ3v) is 3.25. The summed E-state index contributed by atoms with van der Waals surface area (Å²) in [6, 6.07) is 0. The predicted octanol–water partition coefficient (Wildman–Crippen LogP) is 3.39. The second-order valence-corrected chi connectivity index (χ2v) is 4.74. The fourth-order valence-electron chi connectivity index (χ4n) is 1.13. The molecular weight excluding hydrogens is 180 g/mol. The molecule has 0 aliphatic rings. The number of hydrogen-bond donors (Lipinski definition) is 0. The summed E-state index contributed by atoms with van der Waals surface area (Å²) in [6.45, 7) is 6.55. The number of rotatable bonds is 5. The molecule has 0 unspecified atom stereocenters. The number of unbranched alkanes of at least 4 members (excludes halogenated alkanes) is 2. The van der Waals surface area contributed by atoms with Crippen molar-refractivity contribution in [1.82, 2.24) is 10.2 Å². The van der Waals surface area contributed by atoms with Gasteiger partial charge in [0, 0.05) is 12.3 Å². The monoisotopic (exact) mass is 198 g/mol. The largest absolute Gasteiger partial charge is 0.144 e. The molecule has 0 amide bonds. The standard InChI is InChI=1S/C10H18N2S/c1-4-5-6-7-9-11-12-10(13-9)8(2)3/h8H,4-7H2,1-3H3. The summed E-state index contributed by atoms with van der Waals surface area (Å²) in [7, 11) is 0. The molecule has 1 aromatic heterocycles. The summed E-state index contributed by atoms with van der Waals surface area (Å²) in [5, 5.41) is 10.7. The second kappa shape index (κ2) is 5.32. The highest BCUT2D eigenvalue weighted by Gasteiger charge is 2.06. The molecule has 0 atom stereocenters. The van der Waals surface area contributed by atoms with Gasteiger partial charge >= 0.3 is 0 Å². The van der Waals surface area contributed by atoms with Gasteiger partial charge in [0.2, 0.25) is 0 Å². The molecule has 0 saturated heterocycles. The van der Waals surface area contributed by atoms with Gasteiger partial charge in [-0.15, -0.1) is 21.5 Å². The maximum atomic E-state index is 4.18. The number of aryl methyl sites for hydroxylation is 1. The van der Waals surface area contributed by atoms with E-state index in [1.165, 1.54) is 29.3 Å². The molecule has 74 valence electrons. The average molecular weight is 198 g/mol. The van der Waals surface area contributed by atoms with Crippen LogP contribution in [0.5, 0.6) is 0 Å². The van der Waals surface area contributed by atoms with Crippen molar-refractivity contribution in [2.75, 3.05) is 0 Å². The van der Waals surface area contributed by atoms with E-state index in [0.29, 0.717) is 5.92 Å².